The summed E-state index contributed by atoms with van der Waals surface area (Å²) < 4.78 is 10.6. The standard InChI is InChI=1S/C20H17N3O4S/c1-2-12-3-6-14(7-4-12)26-10-18(24)23-19-21-16(11-28-19)13-5-8-15-17(9-13)27-20(25)22-15/h3-9,11H,2,10H2,1H3,(H,22,25)(H,21,23,24). The van der Waals surface area contributed by atoms with E-state index in [1.54, 1.807) is 12.1 Å². The fraction of sp³-hybridized carbons (Fsp3) is 0.150. The van der Waals surface area contributed by atoms with E-state index in [-0.39, 0.29) is 12.5 Å². The van der Waals surface area contributed by atoms with E-state index < -0.39 is 5.76 Å². The summed E-state index contributed by atoms with van der Waals surface area (Å²) in [6.45, 7) is 1.98. The van der Waals surface area contributed by atoms with Crippen molar-refractivity contribution in [1.29, 1.82) is 0 Å². The SMILES string of the molecule is CCc1ccc(OCC(=O)Nc2nc(-c3ccc4[nH]c(=O)oc4c3)cs2)cc1. The lowest BCUT2D eigenvalue weighted by Gasteiger charge is -2.06. The number of carbonyl (C=O) groups excluding carboxylic acids is 1. The van der Waals surface area contributed by atoms with Crippen molar-refractivity contribution in [3.05, 3.63) is 64.0 Å². The first-order valence-corrected chi connectivity index (χ1v) is 9.59. The molecule has 7 nitrogen and oxygen atoms in total. The summed E-state index contributed by atoms with van der Waals surface area (Å²) >= 11 is 1.31. The molecule has 0 fully saturated rings. The number of thiazole rings is 1. The predicted molar refractivity (Wildman–Crippen MR) is 108 cm³/mol. The number of H-pyrrole nitrogens is 1. The van der Waals surface area contributed by atoms with Gasteiger partial charge in [0.2, 0.25) is 0 Å². The summed E-state index contributed by atoms with van der Waals surface area (Å²) in [6.07, 6.45) is 0.955. The number of benzene rings is 2. The molecule has 0 spiro atoms. The number of nitrogens with zero attached hydrogens (tertiary/aromatic N) is 1. The van der Waals surface area contributed by atoms with Gasteiger partial charge in [0, 0.05) is 10.9 Å². The maximum Gasteiger partial charge on any atom is 0.417 e. The van der Waals surface area contributed by atoms with Gasteiger partial charge in [-0.15, -0.1) is 11.3 Å². The van der Waals surface area contributed by atoms with E-state index in [1.165, 1.54) is 16.9 Å². The van der Waals surface area contributed by atoms with Gasteiger partial charge >= 0.3 is 5.76 Å². The van der Waals surface area contributed by atoms with Crippen LogP contribution in [0.4, 0.5) is 5.13 Å². The van der Waals surface area contributed by atoms with Gasteiger partial charge in [0.1, 0.15) is 5.75 Å². The Morgan fingerprint density at radius 3 is 2.86 bits per heavy atom. The van der Waals surface area contributed by atoms with Gasteiger partial charge in [0.05, 0.1) is 11.2 Å². The molecule has 0 bridgehead atoms. The second-order valence-electron chi connectivity index (χ2n) is 6.10. The molecule has 142 valence electrons. The lowest BCUT2D eigenvalue weighted by molar-refractivity contribution is -0.118. The molecule has 1 amide bonds. The van der Waals surface area contributed by atoms with Gasteiger partial charge < -0.3 is 9.15 Å². The molecule has 2 N–H and O–H groups in total. The molecular formula is C20H17N3O4S. The Bertz CT molecular complexity index is 1170. The summed E-state index contributed by atoms with van der Waals surface area (Å²) in [5, 5.41) is 5.03. The molecule has 0 aliphatic carbocycles. The fourth-order valence-electron chi connectivity index (χ4n) is 2.69. The van der Waals surface area contributed by atoms with Crippen LogP contribution in [-0.2, 0) is 11.2 Å². The third-order valence-electron chi connectivity index (χ3n) is 4.17. The van der Waals surface area contributed by atoms with E-state index in [2.05, 4.69) is 22.2 Å². The van der Waals surface area contributed by atoms with Gasteiger partial charge in [-0.05, 0) is 36.2 Å². The highest BCUT2D eigenvalue weighted by molar-refractivity contribution is 7.14. The zero-order valence-corrected chi connectivity index (χ0v) is 15.8. The van der Waals surface area contributed by atoms with Crippen molar-refractivity contribution in [2.24, 2.45) is 0 Å². The minimum absolute atomic E-state index is 0.0964. The first-order chi connectivity index (χ1) is 13.6. The highest BCUT2D eigenvalue weighted by atomic mass is 32.1. The summed E-state index contributed by atoms with van der Waals surface area (Å²) in [7, 11) is 0. The van der Waals surface area contributed by atoms with Gasteiger partial charge in [0.15, 0.2) is 17.3 Å². The lowest BCUT2D eigenvalue weighted by Crippen LogP contribution is -2.20. The molecule has 0 aliphatic heterocycles. The molecule has 0 saturated carbocycles. The van der Waals surface area contributed by atoms with Gasteiger partial charge in [-0.25, -0.2) is 9.78 Å². The van der Waals surface area contributed by atoms with E-state index in [4.69, 9.17) is 9.15 Å². The number of rotatable bonds is 6. The lowest BCUT2D eigenvalue weighted by atomic mass is 10.1. The highest BCUT2D eigenvalue weighted by Gasteiger charge is 2.10. The number of aromatic nitrogens is 2. The van der Waals surface area contributed by atoms with Gasteiger partial charge in [-0.1, -0.05) is 25.1 Å². The number of hydrogen-bond donors (Lipinski definition) is 2. The molecule has 4 rings (SSSR count). The van der Waals surface area contributed by atoms with Crippen LogP contribution in [0.2, 0.25) is 0 Å². The number of fused-ring (bicyclic) bond motifs is 1. The van der Waals surface area contributed by atoms with Crippen LogP contribution in [0, 0.1) is 0 Å². The number of aromatic amines is 1. The van der Waals surface area contributed by atoms with Crippen LogP contribution < -0.4 is 15.8 Å². The molecule has 0 unspecified atom stereocenters. The van der Waals surface area contributed by atoms with Crippen LogP contribution in [0.5, 0.6) is 5.75 Å². The Labute approximate surface area is 164 Å². The smallest absolute Gasteiger partial charge is 0.417 e. The first-order valence-electron chi connectivity index (χ1n) is 8.71. The van der Waals surface area contributed by atoms with E-state index in [1.807, 2.05) is 35.7 Å². The molecule has 2 heterocycles. The number of ether oxygens (including phenoxy) is 1. The van der Waals surface area contributed by atoms with E-state index in [0.29, 0.717) is 27.7 Å². The number of carbonyl (C=O) groups is 1. The molecule has 0 saturated heterocycles. The molecule has 0 aliphatic rings. The Kier molecular flexibility index (Phi) is 4.94. The maximum absolute atomic E-state index is 12.1. The van der Waals surface area contributed by atoms with Crippen molar-refractivity contribution in [3.8, 4) is 17.0 Å². The Morgan fingerprint density at radius 2 is 2.07 bits per heavy atom. The molecule has 2 aromatic carbocycles. The summed E-state index contributed by atoms with van der Waals surface area (Å²) in [5.41, 5.74) is 3.77. The Hall–Kier alpha value is -3.39. The summed E-state index contributed by atoms with van der Waals surface area (Å²) in [5.74, 6) is -0.135. The average Bonchev–Trinajstić information content (AvgIpc) is 3.31. The molecule has 2 aromatic heterocycles. The van der Waals surface area contributed by atoms with E-state index in [9.17, 15) is 9.59 Å². The second-order valence-corrected chi connectivity index (χ2v) is 6.96. The molecule has 8 heteroatoms. The number of anilines is 1. The van der Waals surface area contributed by atoms with Crippen LogP contribution >= 0.6 is 11.3 Å². The van der Waals surface area contributed by atoms with Gasteiger partial charge in [0.25, 0.3) is 5.91 Å². The molecular weight excluding hydrogens is 378 g/mol. The number of oxazole rings is 1. The highest BCUT2D eigenvalue weighted by Crippen LogP contribution is 2.27. The number of amides is 1. The maximum atomic E-state index is 12.1. The zero-order valence-electron chi connectivity index (χ0n) is 15.0. The minimum atomic E-state index is -0.497. The third-order valence-corrected chi connectivity index (χ3v) is 4.93. The van der Waals surface area contributed by atoms with Crippen LogP contribution in [0.1, 0.15) is 12.5 Å². The Balaban J connectivity index is 1.39. The molecule has 0 radical (unpaired) electrons. The van der Waals surface area contributed by atoms with Crippen molar-refractivity contribution >= 4 is 33.5 Å². The third kappa shape index (κ3) is 3.96. The van der Waals surface area contributed by atoms with Crippen molar-refractivity contribution in [3.63, 3.8) is 0 Å². The molecule has 28 heavy (non-hydrogen) atoms. The van der Waals surface area contributed by atoms with Crippen molar-refractivity contribution < 1.29 is 13.9 Å². The normalized spacial score (nSPS) is 10.9. The van der Waals surface area contributed by atoms with Crippen molar-refractivity contribution in [2.75, 3.05) is 11.9 Å². The predicted octanol–water partition coefficient (Wildman–Crippen LogP) is 3.82. The summed E-state index contributed by atoms with van der Waals surface area (Å²) in [4.78, 5) is 30.4. The van der Waals surface area contributed by atoms with Crippen LogP contribution in [0.3, 0.4) is 0 Å². The first kappa shape index (κ1) is 18.0. The van der Waals surface area contributed by atoms with Gasteiger partial charge in [-0.3, -0.25) is 15.1 Å². The van der Waals surface area contributed by atoms with Crippen molar-refractivity contribution in [2.45, 2.75) is 13.3 Å². The van der Waals surface area contributed by atoms with E-state index in [0.717, 1.165) is 12.0 Å². The molecule has 0 atom stereocenters. The van der Waals surface area contributed by atoms with Crippen LogP contribution in [0.25, 0.3) is 22.4 Å². The van der Waals surface area contributed by atoms with Crippen molar-refractivity contribution in [1.82, 2.24) is 9.97 Å². The number of nitrogens with one attached hydrogen (secondary N) is 2. The topological polar surface area (TPSA) is 97.2 Å². The molecule has 4 aromatic rings. The van der Waals surface area contributed by atoms with Gasteiger partial charge in [-0.2, -0.15) is 0 Å². The minimum Gasteiger partial charge on any atom is -0.484 e. The monoisotopic (exact) mass is 395 g/mol. The average molecular weight is 395 g/mol. The quantitative estimate of drug-likeness (QED) is 0.517. The largest absolute Gasteiger partial charge is 0.484 e. The van der Waals surface area contributed by atoms with Crippen LogP contribution in [-0.4, -0.2) is 22.5 Å². The van der Waals surface area contributed by atoms with E-state index >= 15 is 0 Å². The second kappa shape index (κ2) is 7.69. The number of hydrogen-bond acceptors (Lipinski definition) is 6. The zero-order chi connectivity index (χ0) is 19.5. The Morgan fingerprint density at radius 1 is 1.25 bits per heavy atom. The number of aryl methyl sites for hydroxylation is 1. The van der Waals surface area contributed by atoms with Crippen LogP contribution in [0.15, 0.2) is 57.1 Å². The summed E-state index contributed by atoms with van der Waals surface area (Å²) in [6, 6.07) is 13.0. The fourth-order valence-corrected chi connectivity index (χ4v) is 3.43.